The predicted octanol–water partition coefficient (Wildman–Crippen LogP) is 3.73. The molecule has 0 radical (unpaired) electrons. The second-order valence-corrected chi connectivity index (χ2v) is 9.60. The van der Waals surface area contributed by atoms with E-state index in [2.05, 4.69) is 15.5 Å². The number of nitrogens with one attached hydrogen (secondary N) is 1. The zero-order valence-electron chi connectivity index (χ0n) is 15.8. The van der Waals surface area contributed by atoms with Crippen molar-refractivity contribution in [3.63, 3.8) is 0 Å². The first-order valence-corrected chi connectivity index (χ1v) is 11.4. The fraction of sp³-hybridized carbons (Fsp3) is 0.211. The molecule has 1 N–H and O–H groups in total. The topological polar surface area (TPSA) is 92.3 Å². The number of rotatable bonds is 5. The highest BCUT2D eigenvalue weighted by Crippen LogP contribution is 2.38. The van der Waals surface area contributed by atoms with Gasteiger partial charge in [-0.1, -0.05) is 23.5 Å². The number of anilines is 1. The molecule has 0 spiro atoms. The lowest BCUT2D eigenvalue weighted by atomic mass is 10.2. The number of halogens is 3. The molecule has 2 heterocycles. The highest BCUT2D eigenvalue weighted by Gasteiger charge is 2.39. The highest BCUT2D eigenvalue weighted by molar-refractivity contribution is 7.89. The zero-order valence-corrected chi connectivity index (χ0v) is 17.4. The molecule has 7 nitrogen and oxygen atoms in total. The monoisotopic (exact) mass is 468 g/mol. The SMILES string of the molecule is O=C(Nc1ccc(F)cc1F)c1nnc([C@@H]2CCCN2S(=O)(=O)c2ccccc2F)s1. The summed E-state index contributed by atoms with van der Waals surface area (Å²) in [5, 5.41) is 10.1. The number of carbonyl (C=O) groups excluding carboxylic acids is 1. The Morgan fingerprint density at radius 1 is 1.10 bits per heavy atom. The maximum Gasteiger partial charge on any atom is 0.286 e. The van der Waals surface area contributed by atoms with Crippen LogP contribution in [0, 0.1) is 17.5 Å². The third-order valence-corrected chi connectivity index (χ3v) is 7.69. The summed E-state index contributed by atoms with van der Waals surface area (Å²) in [6.07, 6.45) is 0.955. The van der Waals surface area contributed by atoms with E-state index in [1.165, 1.54) is 18.2 Å². The van der Waals surface area contributed by atoms with Crippen LogP contribution in [0.2, 0.25) is 0 Å². The molecule has 1 aromatic heterocycles. The molecule has 4 rings (SSSR count). The van der Waals surface area contributed by atoms with Crippen molar-refractivity contribution in [3.05, 3.63) is 69.9 Å². The molecule has 0 bridgehead atoms. The van der Waals surface area contributed by atoms with Crippen LogP contribution >= 0.6 is 11.3 Å². The van der Waals surface area contributed by atoms with Crippen LogP contribution in [0.5, 0.6) is 0 Å². The van der Waals surface area contributed by atoms with Crippen LogP contribution < -0.4 is 5.32 Å². The summed E-state index contributed by atoms with van der Waals surface area (Å²) in [6.45, 7) is 0.170. The molecular formula is C19H15F3N4O3S2. The number of hydrogen-bond acceptors (Lipinski definition) is 6. The first-order valence-electron chi connectivity index (χ1n) is 9.13. The van der Waals surface area contributed by atoms with Gasteiger partial charge in [-0.15, -0.1) is 10.2 Å². The second kappa shape index (κ2) is 8.36. The van der Waals surface area contributed by atoms with Crippen LogP contribution in [-0.4, -0.2) is 35.4 Å². The molecule has 1 aliphatic heterocycles. The molecule has 3 aromatic rings. The van der Waals surface area contributed by atoms with Crippen LogP contribution in [0.4, 0.5) is 18.9 Å². The van der Waals surface area contributed by atoms with Crippen LogP contribution in [0.25, 0.3) is 0 Å². The molecule has 0 saturated carbocycles. The Kier molecular flexibility index (Phi) is 5.77. The molecule has 0 aliphatic carbocycles. The van der Waals surface area contributed by atoms with Crippen LogP contribution in [0.3, 0.4) is 0 Å². The van der Waals surface area contributed by atoms with E-state index >= 15 is 0 Å². The standard InChI is InChI=1S/C19H15F3N4O3S2/c20-11-7-8-14(13(22)10-11)23-17(27)19-25-24-18(30-19)15-5-3-9-26(15)31(28,29)16-6-2-1-4-12(16)21/h1-2,4,6-8,10,15H,3,5,9H2,(H,23,27)/t15-/m0/s1. The smallest absolute Gasteiger partial charge is 0.286 e. The first-order chi connectivity index (χ1) is 14.8. The number of carbonyl (C=O) groups is 1. The summed E-state index contributed by atoms with van der Waals surface area (Å²) in [4.78, 5) is 11.9. The van der Waals surface area contributed by atoms with Gasteiger partial charge in [0.1, 0.15) is 27.4 Å². The fourth-order valence-electron chi connectivity index (χ4n) is 3.28. The number of benzene rings is 2. The van der Waals surface area contributed by atoms with Crippen molar-refractivity contribution in [2.24, 2.45) is 0 Å². The Morgan fingerprint density at radius 3 is 2.61 bits per heavy atom. The van der Waals surface area contributed by atoms with Crippen molar-refractivity contribution < 1.29 is 26.4 Å². The van der Waals surface area contributed by atoms with Gasteiger partial charge in [0, 0.05) is 12.6 Å². The van der Waals surface area contributed by atoms with Crippen LogP contribution in [0.15, 0.2) is 47.4 Å². The van der Waals surface area contributed by atoms with Crippen molar-refractivity contribution in [3.8, 4) is 0 Å². The van der Waals surface area contributed by atoms with E-state index in [1.807, 2.05) is 0 Å². The molecule has 12 heteroatoms. The van der Waals surface area contributed by atoms with Gasteiger partial charge >= 0.3 is 0 Å². The molecular weight excluding hydrogens is 453 g/mol. The quantitative estimate of drug-likeness (QED) is 0.616. The van der Waals surface area contributed by atoms with E-state index in [-0.39, 0.29) is 22.2 Å². The van der Waals surface area contributed by atoms with Crippen molar-refractivity contribution in [2.45, 2.75) is 23.8 Å². The number of sulfonamides is 1. The summed E-state index contributed by atoms with van der Waals surface area (Å²) in [5.41, 5.74) is -0.229. The summed E-state index contributed by atoms with van der Waals surface area (Å²) in [5.74, 6) is -3.36. The Balaban J connectivity index is 1.56. The lowest BCUT2D eigenvalue weighted by Crippen LogP contribution is -2.31. The largest absolute Gasteiger partial charge is 0.317 e. The average Bonchev–Trinajstić information content (AvgIpc) is 3.40. The zero-order chi connectivity index (χ0) is 22.2. The molecule has 31 heavy (non-hydrogen) atoms. The molecule has 1 aliphatic rings. The number of aromatic nitrogens is 2. The minimum absolute atomic E-state index is 0.117. The maximum absolute atomic E-state index is 14.1. The summed E-state index contributed by atoms with van der Waals surface area (Å²) in [7, 11) is -4.12. The van der Waals surface area contributed by atoms with Crippen LogP contribution in [0.1, 0.15) is 33.7 Å². The highest BCUT2D eigenvalue weighted by atomic mass is 32.2. The van der Waals surface area contributed by atoms with E-state index in [1.54, 1.807) is 0 Å². The Hall–Kier alpha value is -2.83. The van der Waals surface area contributed by atoms with Gasteiger partial charge < -0.3 is 5.32 Å². The Labute approximate surface area is 179 Å². The van der Waals surface area contributed by atoms with Gasteiger partial charge in [-0.25, -0.2) is 21.6 Å². The van der Waals surface area contributed by atoms with Crippen LogP contribution in [-0.2, 0) is 10.0 Å². The lowest BCUT2D eigenvalue weighted by molar-refractivity contribution is 0.102. The first kappa shape index (κ1) is 21.4. The van der Waals surface area contributed by atoms with E-state index in [0.29, 0.717) is 18.9 Å². The molecule has 0 unspecified atom stereocenters. The van der Waals surface area contributed by atoms with Gasteiger partial charge in [0.25, 0.3) is 5.91 Å². The molecule has 162 valence electrons. The maximum atomic E-state index is 14.1. The Bertz CT molecular complexity index is 1250. The van der Waals surface area contributed by atoms with Gasteiger partial charge in [0.2, 0.25) is 15.0 Å². The number of nitrogens with zero attached hydrogens (tertiary/aromatic N) is 3. The van der Waals surface area contributed by atoms with Gasteiger partial charge in [0.15, 0.2) is 0 Å². The molecule has 2 aromatic carbocycles. The molecule has 1 fully saturated rings. The average molecular weight is 468 g/mol. The Morgan fingerprint density at radius 2 is 1.87 bits per heavy atom. The summed E-state index contributed by atoms with van der Waals surface area (Å²) < 4.78 is 68.0. The van der Waals surface area contributed by atoms with E-state index in [9.17, 15) is 26.4 Å². The van der Waals surface area contributed by atoms with Gasteiger partial charge in [0.05, 0.1) is 11.7 Å². The van der Waals surface area contributed by atoms with Crippen molar-refractivity contribution >= 4 is 33.0 Å². The van der Waals surface area contributed by atoms with Gasteiger partial charge in [-0.3, -0.25) is 4.79 Å². The van der Waals surface area contributed by atoms with Gasteiger partial charge in [-0.05, 0) is 37.1 Å². The lowest BCUT2D eigenvalue weighted by Gasteiger charge is -2.22. The molecule has 1 amide bonds. The minimum Gasteiger partial charge on any atom is -0.317 e. The summed E-state index contributed by atoms with van der Waals surface area (Å²) >= 11 is 0.855. The predicted molar refractivity (Wildman–Crippen MR) is 106 cm³/mol. The van der Waals surface area contributed by atoms with E-state index in [4.69, 9.17) is 0 Å². The number of amides is 1. The second-order valence-electron chi connectivity index (χ2n) is 6.73. The van der Waals surface area contributed by atoms with Crippen molar-refractivity contribution in [1.82, 2.24) is 14.5 Å². The number of hydrogen-bond donors (Lipinski definition) is 1. The third-order valence-electron chi connectivity index (χ3n) is 4.73. The van der Waals surface area contributed by atoms with Gasteiger partial charge in [-0.2, -0.15) is 4.31 Å². The van der Waals surface area contributed by atoms with Crippen molar-refractivity contribution in [1.29, 1.82) is 0 Å². The van der Waals surface area contributed by atoms with E-state index in [0.717, 1.165) is 33.8 Å². The normalized spacial score (nSPS) is 17.1. The summed E-state index contributed by atoms with van der Waals surface area (Å²) in [6, 6.07) is 7.09. The third kappa shape index (κ3) is 4.18. The van der Waals surface area contributed by atoms with E-state index < -0.39 is 44.3 Å². The minimum atomic E-state index is -4.12. The fourth-order valence-corrected chi connectivity index (χ4v) is 5.96. The molecule has 1 saturated heterocycles. The molecule has 1 atom stereocenters. The van der Waals surface area contributed by atoms with Crippen molar-refractivity contribution in [2.75, 3.05) is 11.9 Å².